The molecule has 23 heavy (non-hydrogen) atoms. The average Bonchev–Trinajstić information content (AvgIpc) is 3.04. The zero-order valence-corrected chi connectivity index (χ0v) is 13.9. The summed E-state index contributed by atoms with van der Waals surface area (Å²) >= 11 is 1.43. The van der Waals surface area contributed by atoms with Gasteiger partial charge in [0.25, 0.3) is 0 Å². The molecule has 1 spiro atoms. The third-order valence-corrected chi connectivity index (χ3v) is 5.95. The molecule has 2 aliphatic rings. The summed E-state index contributed by atoms with van der Waals surface area (Å²) in [7, 11) is 0. The smallest absolute Gasteiger partial charge is 0.229 e. The van der Waals surface area contributed by atoms with Crippen molar-refractivity contribution in [2.45, 2.75) is 26.2 Å². The quantitative estimate of drug-likeness (QED) is 0.909. The van der Waals surface area contributed by atoms with Gasteiger partial charge in [-0.3, -0.25) is 4.79 Å². The SMILES string of the molecule is Cc1ccc(-c2nnc(NC(=O)C3CC34CCNCC4)s2)cc1. The summed E-state index contributed by atoms with van der Waals surface area (Å²) in [5.74, 6) is 0.259. The first-order valence-corrected chi connectivity index (χ1v) is 8.90. The fourth-order valence-electron chi connectivity index (χ4n) is 3.47. The molecule has 2 N–H and O–H groups in total. The van der Waals surface area contributed by atoms with Crippen molar-refractivity contribution in [2.75, 3.05) is 18.4 Å². The van der Waals surface area contributed by atoms with Gasteiger partial charge in [0.05, 0.1) is 0 Å². The van der Waals surface area contributed by atoms with Crippen LogP contribution >= 0.6 is 11.3 Å². The molecule has 2 fully saturated rings. The maximum absolute atomic E-state index is 12.4. The summed E-state index contributed by atoms with van der Waals surface area (Å²) in [4.78, 5) is 12.4. The Balaban J connectivity index is 1.42. The fourth-order valence-corrected chi connectivity index (χ4v) is 4.23. The number of nitrogens with zero attached hydrogens (tertiary/aromatic N) is 2. The third-order valence-electron chi connectivity index (χ3n) is 5.06. The van der Waals surface area contributed by atoms with E-state index in [1.54, 1.807) is 0 Å². The molecule has 120 valence electrons. The molecule has 4 rings (SSSR count). The van der Waals surface area contributed by atoms with Crippen LogP contribution in [-0.2, 0) is 4.79 Å². The molecule has 1 atom stereocenters. The molecule has 1 aromatic carbocycles. The third kappa shape index (κ3) is 2.88. The monoisotopic (exact) mass is 328 g/mol. The minimum Gasteiger partial charge on any atom is -0.317 e. The summed E-state index contributed by atoms with van der Waals surface area (Å²) in [5.41, 5.74) is 2.50. The fraction of sp³-hybridized carbons (Fsp3) is 0.471. The van der Waals surface area contributed by atoms with E-state index in [9.17, 15) is 4.79 Å². The number of nitrogens with one attached hydrogen (secondary N) is 2. The lowest BCUT2D eigenvalue weighted by Crippen LogP contribution is -2.31. The van der Waals surface area contributed by atoms with Gasteiger partial charge in [-0.1, -0.05) is 41.2 Å². The van der Waals surface area contributed by atoms with Crippen molar-refractivity contribution >= 4 is 22.4 Å². The zero-order valence-electron chi connectivity index (χ0n) is 13.1. The van der Waals surface area contributed by atoms with E-state index in [1.165, 1.54) is 16.9 Å². The molecule has 2 heterocycles. The van der Waals surface area contributed by atoms with Gasteiger partial charge in [0.1, 0.15) is 5.01 Å². The second-order valence-corrected chi connectivity index (χ2v) is 7.61. The average molecular weight is 328 g/mol. The number of carbonyl (C=O) groups excluding carboxylic acids is 1. The van der Waals surface area contributed by atoms with E-state index in [2.05, 4.69) is 39.9 Å². The molecule has 1 amide bonds. The highest BCUT2D eigenvalue weighted by Gasteiger charge is 2.57. The maximum atomic E-state index is 12.4. The molecule has 1 unspecified atom stereocenters. The molecule has 1 aliphatic carbocycles. The number of amides is 1. The van der Waals surface area contributed by atoms with Crippen molar-refractivity contribution in [3.05, 3.63) is 29.8 Å². The highest BCUT2D eigenvalue weighted by atomic mass is 32.1. The topological polar surface area (TPSA) is 66.9 Å². The lowest BCUT2D eigenvalue weighted by atomic mass is 9.92. The number of hydrogen-bond donors (Lipinski definition) is 2. The molecule has 6 heteroatoms. The lowest BCUT2D eigenvalue weighted by Gasteiger charge is -2.22. The van der Waals surface area contributed by atoms with Gasteiger partial charge in [-0.25, -0.2) is 0 Å². The van der Waals surface area contributed by atoms with Crippen LogP contribution in [0.15, 0.2) is 24.3 Å². The van der Waals surface area contributed by atoms with Crippen LogP contribution in [0.5, 0.6) is 0 Å². The van der Waals surface area contributed by atoms with E-state index in [0.717, 1.165) is 42.9 Å². The Morgan fingerprint density at radius 3 is 2.74 bits per heavy atom. The van der Waals surface area contributed by atoms with Crippen molar-refractivity contribution in [1.82, 2.24) is 15.5 Å². The molecule has 1 aromatic heterocycles. The van der Waals surface area contributed by atoms with E-state index in [1.807, 2.05) is 12.1 Å². The van der Waals surface area contributed by atoms with Gasteiger partial charge in [0.15, 0.2) is 0 Å². The Hall–Kier alpha value is -1.79. The predicted octanol–water partition coefficient (Wildman–Crippen LogP) is 2.84. The van der Waals surface area contributed by atoms with Gasteiger partial charge in [0, 0.05) is 11.5 Å². The van der Waals surface area contributed by atoms with Crippen LogP contribution in [-0.4, -0.2) is 29.2 Å². The van der Waals surface area contributed by atoms with Crippen molar-refractivity contribution in [3.63, 3.8) is 0 Å². The largest absolute Gasteiger partial charge is 0.317 e. The van der Waals surface area contributed by atoms with Crippen LogP contribution in [0, 0.1) is 18.3 Å². The summed E-state index contributed by atoms with van der Waals surface area (Å²) in [6.07, 6.45) is 3.23. The van der Waals surface area contributed by atoms with Gasteiger partial charge in [-0.2, -0.15) is 0 Å². The number of carbonyl (C=O) groups is 1. The van der Waals surface area contributed by atoms with Crippen LogP contribution < -0.4 is 10.6 Å². The van der Waals surface area contributed by atoms with Crippen molar-refractivity contribution in [2.24, 2.45) is 11.3 Å². The molecular formula is C17H20N4OS. The predicted molar refractivity (Wildman–Crippen MR) is 91.4 cm³/mol. The Kier molecular flexibility index (Phi) is 3.66. The Bertz CT molecular complexity index is 718. The lowest BCUT2D eigenvalue weighted by molar-refractivity contribution is -0.118. The highest BCUT2D eigenvalue weighted by molar-refractivity contribution is 7.18. The summed E-state index contributed by atoms with van der Waals surface area (Å²) in [5, 5.41) is 16.1. The van der Waals surface area contributed by atoms with Crippen LogP contribution in [0.4, 0.5) is 5.13 Å². The number of anilines is 1. The van der Waals surface area contributed by atoms with Crippen molar-refractivity contribution < 1.29 is 4.79 Å². The highest BCUT2D eigenvalue weighted by Crippen LogP contribution is 2.58. The number of benzene rings is 1. The number of hydrogen-bond acceptors (Lipinski definition) is 5. The van der Waals surface area contributed by atoms with Crippen LogP contribution in [0.25, 0.3) is 10.6 Å². The van der Waals surface area contributed by atoms with Gasteiger partial charge in [0.2, 0.25) is 11.0 Å². The van der Waals surface area contributed by atoms with Crippen LogP contribution in [0.1, 0.15) is 24.8 Å². The number of aryl methyl sites for hydroxylation is 1. The molecule has 1 saturated heterocycles. The minimum absolute atomic E-state index is 0.110. The second kappa shape index (κ2) is 5.69. The number of piperidine rings is 1. The Morgan fingerprint density at radius 1 is 1.26 bits per heavy atom. The van der Waals surface area contributed by atoms with Gasteiger partial charge in [-0.05, 0) is 44.7 Å². The van der Waals surface area contributed by atoms with E-state index in [4.69, 9.17) is 0 Å². The maximum Gasteiger partial charge on any atom is 0.229 e. The minimum atomic E-state index is 0.110. The van der Waals surface area contributed by atoms with Gasteiger partial charge < -0.3 is 10.6 Å². The van der Waals surface area contributed by atoms with Crippen LogP contribution in [0.2, 0.25) is 0 Å². The molecule has 5 nitrogen and oxygen atoms in total. The van der Waals surface area contributed by atoms with Crippen molar-refractivity contribution in [1.29, 1.82) is 0 Å². The second-order valence-electron chi connectivity index (χ2n) is 6.64. The van der Waals surface area contributed by atoms with Crippen molar-refractivity contribution in [3.8, 4) is 10.6 Å². The zero-order chi connectivity index (χ0) is 15.9. The normalized spacial score (nSPS) is 22.0. The van der Waals surface area contributed by atoms with Gasteiger partial charge >= 0.3 is 0 Å². The molecule has 0 radical (unpaired) electrons. The van der Waals surface area contributed by atoms with E-state index in [0.29, 0.717) is 5.13 Å². The van der Waals surface area contributed by atoms with Crippen LogP contribution in [0.3, 0.4) is 0 Å². The molecule has 0 bridgehead atoms. The first-order valence-electron chi connectivity index (χ1n) is 8.08. The number of aromatic nitrogens is 2. The molecule has 1 saturated carbocycles. The number of rotatable bonds is 3. The summed E-state index contributed by atoms with van der Waals surface area (Å²) < 4.78 is 0. The molecule has 1 aliphatic heterocycles. The van der Waals surface area contributed by atoms with Gasteiger partial charge in [-0.15, -0.1) is 10.2 Å². The Morgan fingerprint density at radius 2 is 2.00 bits per heavy atom. The van der Waals surface area contributed by atoms with E-state index < -0.39 is 0 Å². The first kappa shape index (κ1) is 14.8. The Labute approximate surface area is 139 Å². The first-order chi connectivity index (χ1) is 11.2. The van der Waals surface area contributed by atoms with E-state index in [-0.39, 0.29) is 17.2 Å². The summed E-state index contributed by atoms with van der Waals surface area (Å²) in [6, 6.07) is 8.18. The summed E-state index contributed by atoms with van der Waals surface area (Å²) in [6.45, 7) is 4.11. The molecular weight excluding hydrogens is 308 g/mol. The standard InChI is InChI=1S/C17H20N4OS/c1-11-2-4-12(5-3-11)15-20-21-16(23-15)19-14(22)13-10-17(13)6-8-18-9-7-17/h2-5,13,18H,6-10H2,1H3,(H,19,21,22). The molecule has 2 aromatic rings. The van der Waals surface area contributed by atoms with E-state index >= 15 is 0 Å².